The number of ether oxygens (including phenoxy) is 1. The van der Waals surface area contributed by atoms with Crippen molar-refractivity contribution in [2.45, 2.75) is 39.1 Å². The quantitative estimate of drug-likeness (QED) is 0.665. The molecule has 14 heteroatoms. The van der Waals surface area contributed by atoms with Gasteiger partial charge in [0.1, 0.15) is 23.2 Å². The standard InChI is InChI=1S/C17H21F3N6O4S/c1-16(2,3)30-15(27)26(13-11(17(18,19)20)8-21-10-24-13)9-12-14(23-7-6-22-12)25(4)31(5,28)29/h6-8,10H,9H2,1-5H3. The molecule has 0 saturated heterocycles. The van der Waals surface area contributed by atoms with Crippen LogP contribution in [-0.2, 0) is 27.5 Å². The number of rotatable bonds is 5. The SMILES string of the molecule is CN(c1nccnc1CN(C(=O)OC(C)(C)C)c1ncncc1C(F)(F)F)S(C)(=O)=O. The topological polar surface area (TPSA) is 118 Å². The van der Waals surface area contributed by atoms with Crippen LogP contribution in [0.4, 0.5) is 29.6 Å². The third-order valence-electron chi connectivity index (χ3n) is 3.72. The second kappa shape index (κ2) is 8.61. The maximum absolute atomic E-state index is 13.5. The van der Waals surface area contributed by atoms with Crippen molar-refractivity contribution in [3.63, 3.8) is 0 Å². The number of hydrogen-bond acceptors (Lipinski definition) is 8. The van der Waals surface area contributed by atoms with Crippen LogP contribution in [0.5, 0.6) is 0 Å². The molecule has 0 aliphatic carbocycles. The molecule has 0 bridgehead atoms. The number of hydrogen-bond donors (Lipinski definition) is 0. The van der Waals surface area contributed by atoms with Crippen LogP contribution in [0.25, 0.3) is 0 Å². The number of amides is 1. The van der Waals surface area contributed by atoms with E-state index in [-0.39, 0.29) is 11.5 Å². The Hall–Kier alpha value is -3.03. The predicted octanol–water partition coefficient (Wildman–Crippen LogP) is 2.62. The second-order valence-electron chi connectivity index (χ2n) is 7.38. The lowest BCUT2D eigenvalue weighted by Gasteiger charge is -2.28. The molecule has 0 fully saturated rings. The minimum atomic E-state index is -4.87. The smallest absolute Gasteiger partial charge is 0.421 e. The molecule has 0 atom stereocenters. The van der Waals surface area contributed by atoms with E-state index in [9.17, 15) is 26.4 Å². The van der Waals surface area contributed by atoms with E-state index in [4.69, 9.17) is 4.74 Å². The van der Waals surface area contributed by atoms with Crippen LogP contribution in [0.15, 0.2) is 24.9 Å². The van der Waals surface area contributed by atoms with Crippen LogP contribution >= 0.6 is 0 Å². The van der Waals surface area contributed by atoms with E-state index >= 15 is 0 Å². The monoisotopic (exact) mass is 462 g/mol. The van der Waals surface area contributed by atoms with Gasteiger partial charge in [-0.05, 0) is 20.8 Å². The van der Waals surface area contributed by atoms with E-state index in [2.05, 4.69) is 19.9 Å². The number of carbonyl (C=O) groups is 1. The first-order valence-corrected chi connectivity index (χ1v) is 10.6. The minimum Gasteiger partial charge on any atom is -0.443 e. The number of nitrogens with zero attached hydrogens (tertiary/aromatic N) is 6. The van der Waals surface area contributed by atoms with E-state index in [0.717, 1.165) is 16.9 Å². The lowest BCUT2D eigenvalue weighted by molar-refractivity contribution is -0.137. The zero-order chi connectivity index (χ0) is 23.6. The van der Waals surface area contributed by atoms with Crippen LogP contribution in [0.2, 0.25) is 0 Å². The summed E-state index contributed by atoms with van der Waals surface area (Å²) in [5, 5.41) is 0. The Morgan fingerprint density at radius 1 is 1.10 bits per heavy atom. The van der Waals surface area contributed by atoms with Gasteiger partial charge in [-0.25, -0.2) is 28.2 Å². The average Bonchev–Trinajstić information content (AvgIpc) is 2.63. The first-order chi connectivity index (χ1) is 14.1. The molecule has 2 aromatic heterocycles. The Morgan fingerprint density at radius 3 is 2.26 bits per heavy atom. The largest absolute Gasteiger partial charge is 0.443 e. The number of alkyl halides is 3. The predicted molar refractivity (Wildman–Crippen MR) is 105 cm³/mol. The Morgan fingerprint density at radius 2 is 1.71 bits per heavy atom. The van der Waals surface area contributed by atoms with Crippen molar-refractivity contribution in [3.8, 4) is 0 Å². The van der Waals surface area contributed by atoms with Gasteiger partial charge in [-0.3, -0.25) is 14.2 Å². The van der Waals surface area contributed by atoms with Gasteiger partial charge < -0.3 is 4.74 Å². The van der Waals surface area contributed by atoms with Crippen LogP contribution in [-0.4, -0.2) is 53.4 Å². The summed E-state index contributed by atoms with van der Waals surface area (Å²) >= 11 is 0. The van der Waals surface area contributed by atoms with E-state index in [1.54, 1.807) is 20.8 Å². The molecule has 0 aromatic carbocycles. The number of anilines is 2. The number of halogens is 3. The number of sulfonamides is 1. The van der Waals surface area contributed by atoms with Crippen molar-refractivity contribution in [2.24, 2.45) is 0 Å². The Kier molecular flexibility index (Phi) is 6.73. The summed E-state index contributed by atoms with van der Waals surface area (Å²) in [6.07, 6.45) is -1.29. The molecule has 0 N–H and O–H groups in total. The average molecular weight is 462 g/mol. The van der Waals surface area contributed by atoms with E-state index < -0.39 is 45.8 Å². The number of carbonyl (C=O) groups excluding carboxylic acids is 1. The highest BCUT2D eigenvalue weighted by Crippen LogP contribution is 2.36. The molecule has 170 valence electrons. The summed E-state index contributed by atoms with van der Waals surface area (Å²) in [4.78, 5) is 28.4. The van der Waals surface area contributed by atoms with E-state index in [1.165, 1.54) is 19.4 Å². The molecule has 0 aliphatic rings. The zero-order valence-electron chi connectivity index (χ0n) is 17.4. The lowest BCUT2D eigenvalue weighted by Crippen LogP contribution is -2.39. The number of aromatic nitrogens is 4. The second-order valence-corrected chi connectivity index (χ2v) is 9.40. The molecule has 0 saturated carbocycles. The van der Waals surface area contributed by atoms with Crippen molar-refractivity contribution in [3.05, 3.63) is 36.2 Å². The molecule has 2 rings (SSSR count). The van der Waals surface area contributed by atoms with Crippen molar-refractivity contribution in [1.29, 1.82) is 0 Å². The van der Waals surface area contributed by atoms with Crippen LogP contribution in [0.1, 0.15) is 32.0 Å². The molecular weight excluding hydrogens is 441 g/mol. The third kappa shape index (κ3) is 6.23. The summed E-state index contributed by atoms with van der Waals surface area (Å²) in [6.45, 7) is 4.02. The maximum Gasteiger partial charge on any atom is 0.421 e. The molecule has 0 spiro atoms. The van der Waals surface area contributed by atoms with Gasteiger partial charge in [0.15, 0.2) is 11.6 Å². The third-order valence-corrected chi connectivity index (χ3v) is 4.89. The first kappa shape index (κ1) is 24.2. The van der Waals surface area contributed by atoms with Gasteiger partial charge in [-0.2, -0.15) is 13.2 Å². The fraction of sp³-hybridized carbons (Fsp3) is 0.471. The highest BCUT2D eigenvalue weighted by molar-refractivity contribution is 7.92. The molecular formula is C17H21F3N6O4S. The molecule has 0 aliphatic heterocycles. The van der Waals surface area contributed by atoms with Gasteiger partial charge in [0.25, 0.3) is 0 Å². The summed E-state index contributed by atoms with van der Waals surface area (Å²) in [5.74, 6) is -0.934. The molecule has 0 unspecified atom stereocenters. The lowest BCUT2D eigenvalue weighted by atomic mass is 10.2. The highest BCUT2D eigenvalue weighted by atomic mass is 32.2. The maximum atomic E-state index is 13.5. The summed E-state index contributed by atoms with van der Waals surface area (Å²) in [6, 6.07) is 0. The molecule has 2 heterocycles. The fourth-order valence-corrected chi connectivity index (χ4v) is 2.79. The van der Waals surface area contributed by atoms with Gasteiger partial charge in [-0.15, -0.1) is 0 Å². The van der Waals surface area contributed by atoms with Crippen LogP contribution in [0.3, 0.4) is 0 Å². The molecule has 2 aromatic rings. The minimum absolute atomic E-state index is 0.0898. The van der Waals surface area contributed by atoms with E-state index in [1.807, 2.05) is 0 Å². The van der Waals surface area contributed by atoms with Gasteiger partial charge in [0.05, 0.1) is 12.8 Å². The Balaban J connectivity index is 2.62. The van der Waals surface area contributed by atoms with Crippen molar-refractivity contribution >= 4 is 27.8 Å². The molecule has 1 amide bonds. The molecule has 31 heavy (non-hydrogen) atoms. The summed E-state index contributed by atoms with van der Waals surface area (Å²) < 4.78 is 70.5. The van der Waals surface area contributed by atoms with Gasteiger partial charge in [-0.1, -0.05) is 0 Å². The first-order valence-electron chi connectivity index (χ1n) is 8.73. The van der Waals surface area contributed by atoms with Crippen LogP contribution < -0.4 is 9.21 Å². The summed E-state index contributed by atoms with van der Waals surface area (Å²) in [5.41, 5.74) is -2.40. The normalized spacial score (nSPS) is 12.4. The molecule has 10 nitrogen and oxygen atoms in total. The fourth-order valence-electron chi connectivity index (χ4n) is 2.32. The van der Waals surface area contributed by atoms with Crippen molar-refractivity contribution in [2.75, 3.05) is 22.5 Å². The Bertz CT molecular complexity index is 1060. The van der Waals surface area contributed by atoms with Crippen molar-refractivity contribution < 1.29 is 31.1 Å². The zero-order valence-corrected chi connectivity index (χ0v) is 18.2. The van der Waals surface area contributed by atoms with Gasteiger partial charge in [0.2, 0.25) is 10.0 Å². The van der Waals surface area contributed by atoms with Gasteiger partial charge >= 0.3 is 12.3 Å². The summed E-state index contributed by atoms with van der Waals surface area (Å²) in [7, 11) is -2.57. The van der Waals surface area contributed by atoms with Gasteiger partial charge in [0, 0.05) is 25.6 Å². The highest BCUT2D eigenvalue weighted by Gasteiger charge is 2.39. The van der Waals surface area contributed by atoms with Crippen LogP contribution in [0, 0.1) is 0 Å². The van der Waals surface area contributed by atoms with Crippen molar-refractivity contribution in [1.82, 2.24) is 19.9 Å². The molecule has 0 radical (unpaired) electrons. The Labute approximate surface area is 177 Å². The van der Waals surface area contributed by atoms with E-state index in [0.29, 0.717) is 11.1 Å².